The minimum atomic E-state index is -0.414. The summed E-state index contributed by atoms with van der Waals surface area (Å²) in [6.45, 7) is 2.88. The van der Waals surface area contributed by atoms with Crippen molar-refractivity contribution < 1.29 is 9.66 Å². The van der Waals surface area contributed by atoms with Crippen LogP contribution in [0, 0.1) is 10.1 Å². The van der Waals surface area contributed by atoms with E-state index in [2.05, 4.69) is 22.4 Å². The Kier molecular flexibility index (Phi) is 7.91. The zero-order valence-corrected chi connectivity index (χ0v) is 17.6. The van der Waals surface area contributed by atoms with Crippen molar-refractivity contribution in [1.29, 1.82) is 0 Å². The number of nitrogens with one attached hydrogen (secondary N) is 1. The number of benzene rings is 2. The third kappa shape index (κ3) is 6.12. The van der Waals surface area contributed by atoms with Gasteiger partial charge in [-0.1, -0.05) is 50.5 Å². The lowest BCUT2D eigenvalue weighted by atomic mass is 10.1. The highest BCUT2D eigenvalue weighted by molar-refractivity contribution is 7.14. The number of non-ortho nitro benzene ring substituents is 1. The molecule has 2 aromatic carbocycles. The highest BCUT2D eigenvalue weighted by atomic mass is 32.1. The topological polar surface area (TPSA) is 89.7 Å². The molecule has 1 N–H and O–H groups in total. The fourth-order valence-electron chi connectivity index (χ4n) is 2.82. The van der Waals surface area contributed by atoms with Gasteiger partial charge < -0.3 is 4.74 Å². The molecule has 3 rings (SSSR count). The number of hydrazone groups is 1. The summed E-state index contributed by atoms with van der Waals surface area (Å²) in [6, 6.07) is 14.2. The van der Waals surface area contributed by atoms with Gasteiger partial charge in [0.1, 0.15) is 5.75 Å². The van der Waals surface area contributed by atoms with Crippen LogP contribution in [-0.4, -0.2) is 22.7 Å². The third-order valence-corrected chi connectivity index (χ3v) is 5.14. The summed E-state index contributed by atoms with van der Waals surface area (Å²) in [5.74, 6) is 0.802. The predicted molar refractivity (Wildman–Crippen MR) is 122 cm³/mol. The van der Waals surface area contributed by atoms with E-state index in [1.54, 1.807) is 18.3 Å². The number of rotatable bonds is 11. The lowest BCUT2D eigenvalue weighted by molar-refractivity contribution is -0.384. The van der Waals surface area contributed by atoms with Gasteiger partial charge in [0.05, 0.1) is 23.4 Å². The molecule has 8 heteroatoms. The molecule has 0 spiro atoms. The summed E-state index contributed by atoms with van der Waals surface area (Å²) >= 11 is 1.38. The molecule has 1 aromatic heterocycles. The Bertz CT molecular complexity index is 1000. The summed E-state index contributed by atoms with van der Waals surface area (Å²) < 4.78 is 5.89. The van der Waals surface area contributed by atoms with E-state index in [1.807, 2.05) is 29.6 Å². The molecule has 1 heterocycles. The highest BCUT2D eigenvalue weighted by Gasteiger charge is 2.10. The van der Waals surface area contributed by atoms with Gasteiger partial charge in [0, 0.05) is 28.6 Å². The second kappa shape index (κ2) is 11.1. The Balaban J connectivity index is 1.60. The number of thiazole rings is 1. The Labute approximate surface area is 179 Å². The van der Waals surface area contributed by atoms with Crippen molar-refractivity contribution in [3.63, 3.8) is 0 Å². The summed E-state index contributed by atoms with van der Waals surface area (Å²) in [7, 11) is 0. The Morgan fingerprint density at radius 3 is 2.90 bits per heavy atom. The van der Waals surface area contributed by atoms with E-state index < -0.39 is 4.92 Å². The first-order valence-corrected chi connectivity index (χ1v) is 10.8. The maximum atomic E-state index is 11.0. The van der Waals surface area contributed by atoms with E-state index in [1.165, 1.54) is 42.7 Å². The molecule has 0 radical (unpaired) electrons. The molecular formula is C22H24N4O3S. The standard InChI is InChI=1S/C22H24N4O3S/c1-2-3-4-7-13-29-21-12-6-5-9-18(21)15-23-25-22-24-20(16-30-22)17-10-8-11-19(14-17)26(27)28/h5-6,8-12,14-16H,2-4,7,13H2,1H3,(H,24,25)/b23-15+. The number of nitro benzene ring substituents is 1. The van der Waals surface area contributed by atoms with Gasteiger partial charge in [-0.25, -0.2) is 4.98 Å². The van der Waals surface area contributed by atoms with Crippen molar-refractivity contribution in [3.05, 3.63) is 69.6 Å². The molecule has 30 heavy (non-hydrogen) atoms. The fraction of sp³-hybridized carbons (Fsp3) is 0.273. The van der Waals surface area contributed by atoms with E-state index in [0.717, 1.165) is 17.7 Å². The molecule has 0 aliphatic rings. The Morgan fingerprint density at radius 1 is 1.20 bits per heavy atom. The maximum Gasteiger partial charge on any atom is 0.270 e. The van der Waals surface area contributed by atoms with Gasteiger partial charge in [-0.2, -0.15) is 5.10 Å². The number of para-hydroxylation sites is 1. The number of hydrogen-bond acceptors (Lipinski definition) is 7. The van der Waals surface area contributed by atoms with Gasteiger partial charge in [-0.3, -0.25) is 15.5 Å². The van der Waals surface area contributed by atoms with Crippen LogP contribution in [0.4, 0.5) is 10.8 Å². The first-order chi connectivity index (χ1) is 14.7. The van der Waals surface area contributed by atoms with Crippen LogP contribution in [0.2, 0.25) is 0 Å². The zero-order valence-electron chi connectivity index (χ0n) is 16.8. The van der Waals surface area contributed by atoms with Gasteiger partial charge in [-0.05, 0) is 18.6 Å². The number of unbranched alkanes of at least 4 members (excludes halogenated alkanes) is 3. The first kappa shape index (κ1) is 21.4. The molecule has 7 nitrogen and oxygen atoms in total. The number of nitro groups is 1. The van der Waals surface area contributed by atoms with Gasteiger partial charge in [0.25, 0.3) is 5.69 Å². The minimum Gasteiger partial charge on any atom is -0.493 e. The van der Waals surface area contributed by atoms with Gasteiger partial charge in [-0.15, -0.1) is 11.3 Å². The summed E-state index contributed by atoms with van der Waals surface area (Å²) in [5.41, 5.74) is 5.20. The van der Waals surface area contributed by atoms with Gasteiger partial charge in [0.2, 0.25) is 5.13 Å². The third-order valence-electron chi connectivity index (χ3n) is 4.40. The van der Waals surface area contributed by atoms with Crippen molar-refractivity contribution in [2.45, 2.75) is 32.6 Å². The molecule has 0 saturated carbocycles. The molecule has 0 aliphatic heterocycles. The Hall–Kier alpha value is -3.26. The largest absolute Gasteiger partial charge is 0.493 e. The molecule has 0 fully saturated rings. The van der Waals surface area contributed by atoms with Crippen molar-refractivity contribution in [3.8, 4) is 17.0 Å². The number of hydrogen-bond donors (Lipinski definition) is 1. The molecule has 0 atom stereocenters. The minimum absolute atomic E-state index is 0.0410. The van der Waals surface area contributed by atoms with E-state index >= 15 is 0 Å². The number of anilines is 1. The van der Waals surface area contributed by atoms with Crippen LogP contribution in [0.25, 0.3) is 11.3 Å². The smallest absolute Gasteiger partial charge is 0.270 e. The highest BCUT2D eigenvalue weighted by Crippen LogP contribution is 2.27. The van der Waals surface area contributed by atoms with E-state index in [-0.39, 0.29) is 5.69 Å². The van der Waals surface area contributed by atoms with Gasteiger partial charge in [0.15, 0.2) is 0 Å². The molecule has 0 amide bonds. The van der Waals surface area contributed by atoms with Crippen molar-refractivity contribution in [2.75, 3.05) is 12.0 Å². The predicted octanol–water partition coefficient (Wildman–Crippen LogP) is 6.12. The molecule has 0 saturated heterocycles. The van der Waals surface area contributed by atoms with Crippen LogP contribution in [0.1, 0.15) is 38.2 Å². The molecule has 156 valence electrons. The quantitative estimate of drug-likeness (QED) is 0.173. The summed E-state index contributed by atoms with van der Waals surface area (Å²) in [6.07, 6.45) is 6.34. The molecule has 3 aromatic rings. The normalized spacial score (nSPS) is 11.0. The van der Waals surface area contributed by atoms with Crippen LogP contribution in [0.15, 0.2) is 59.0 Å². The van der Waals surface area contributed by atoms with Crippen molar-refractivity contribution in [2.24, 2.45) is 5.10 Å². The average Bonchev–Trinajstić information content (AvgIpc) is 3.24. The zero-order chi connectivity index (χ0) is 21.2. The van der Waals surface area contributed by atoms with Crippen molar-refractivity contribution >= 4 is 28.4 Å². The SMILES string of the molecule is CCCCCCOc1ccccc1/C=N/Nc1nc(-c2cccc([N+](=O)[O-])c2)cs1. The summed E-state index contributed by atoms with van der Waals surface area (Å²) in [4.78, 5) is 15.0. The van der Waals surface area contributed by atoms with Crippen LogP contribution < -0.4 is 10.2 Å². The second-order valence-electron chi connectivity index (χ2n) is 6.66. The number of aromatic nitrogens is 1. The first-order valence-electron chi connectivity index (χ1n) is 9.88. The van der Waals surface area contributed by atoms with Crippen LogP contribution >= 0.6 is 11.3 Å². The monoisotopic (exact) mass is 424 g/mol. The fourth-order valence-corrected chi connectivity index (χ4v) is 3.49. The number of nitrogens with zero attached hydrogens (tertiary/aromatic N) is 3. The van der Waals surface area contributed by atoms with Crippen molar-refractivity contribution in [1.82, 2.24) is 4.98 Å². The molecule has 0 aliphatic carbocycles. The molecular weight excluding hydrogens is 400 g/mol. The lowest BCUT2D eigenvalue weighted by Gasteiger charge is -2.08. The van der Waals surface area contributed by atoms with E-state index in [0.29, 0.717) is 23.0 Å². The van der Waals surface area contributed by atoms with E-state index in [4.69, 9.17) is 4.74 Å². The molecule has 0 unspecified atom stereocenters. The van der Waals surface area contributed by atoms with Crippen LogP contribution in [0.3, 0.4) is 0 Å². The summed E-state index contributed by atoms with van der Waals surface area (Å²) in [5, 5.41) is 17.7. The molecule has 0 bridgehead atoms. The van der Waals surface area contributed by atoms with Crippen LogP contribution in [-0.2, 0) is 0 Å². The average molecular weight is 425 g/mol. The van der Waals surface area contributed by atoms with E-state index in [9.17, 15) is 10.1 Å². The second-order valence-corrected chi connectivity index (χ2v) is 7.52. The Morgan fingerprint density at radius 2 is 2.07 bits per heavy atom. The van der Waals surface area contributed by atoms with Crippen LogP contribution in [0.5, 0.6) is 5.75 Å². The lowest BCUT2D eigenvalue weighted by Crippen LogP contribution is -2.00. The maximum absolute atomic E-state index is 11.0. The number of ether oxygens (including phenoxy) is 1. The van der Waals surface area contributed by atoms with Gasteiger partial charge >= 0.3 is 0 Å².